The minimum absolute atomic E-state index is 0.00972. The molecule has 0 saturated carbocycles. The minimum Gasteiger partial charge on any atom is -0.459 e. The van der Waals surface area contributed by atoms with Crippen LogP contribution in [-0.4, -0.2) is 41.9 Å². The molecule has 2 heterocycles. The first-order valence-electron chi connectivity index (χ1n) is 5.53. The summed E-state index contributed by atoms with van der Waals surface area (Å²) in [5.74, 6) is 0.396. The summed E-state index contributed by atoms with van der Waals surface area (Å²) in [5, 5.41) is 0. The molecule has 1 spiro atoms. The molecular formula is C11H19N2O-. The Bertz CT molecular complexity index is 231. The fourth-order valence-corrected chi connectivity index (χ4v) is 2.64. The molecule has 3 nitrogen and oxygen atoms in total. The molecule has 80 valence electrons. The molecule has 1 amide bonds. The normalized spacial score (nSPS) is 27.6. The lowest BCUT2D eigenvalue weighted by Crippen LogP contribution is -2.42. The molecule has 0 aromatic carbocycles. The van der Waals surface area contributed by atoms with E-state index in [4.69, 9.17) is 0 Å². The quantitative estimate of drug-likeness (QED) is 0.585. The van der Waals surface area contributed by atoms with Gasteiger partial charge in [0.15, 0.2) is 0 Å². The Kier molecular flexibility index (Phi) is 2.52. The predicted molar refractivity (Wildman–Crippen MR) is 55.5 cm³/mol. The van der Waals surface area contributed by atoms with E-state index in [1.54, 1.807) is 0 Å². The van der Waals surface area contributed by atoms with Crippen LogP contribution in [0.2, 0.25) is 0 Å². The van der Waals surface area contributed by atoms with Gasteiger partial charge in [-0.1, -0.05) is 0 Å². The van der Waals surface area contributed by atoms with Crippen molar-refractivity contribution in [3.8, 4) is 0 Å². The lowest BCUT2D eigenvalue weighted by molar-refractivity contribution is -0.137. The van der Waals surface area contributed by atoms with Gasteiger partial charge in [-0.2, -0.15) is 0 Å². The van der Waals surface area contributed by atoms with Gasteiger partial charge in [0.1, 0.15) is 0 Å². The summed E-state index contributed by atoms with van der Waals surface area (Å²) in [4.78, 5) is 16.2. The summed E-state index contributed by atoms with van der Waals surface area (Å²) in [7, 11) is 3.92. The second-order valence-electron chi connectivity index (χ2n) is 4.53. The average molecular weight is 195 g/mol. The van der Waals surface area contributed by atoms with Gasteiger partial charge in [-0.25, -0.2) is 0 Å². The van der Waals surface area contributed by atoms with Gasteiger partial charge in [-0.15, -0.1) is 0 Å². The smallest absolute Gasteiger partial charge is 0.228 e. The number of carbonyl (C=O) groups is 1. The van der Waals surface area contributed by atoms with Crippen LogP contribution in [0.1, 0.15) is 26.2 Å². The number of carbonyl (C=O) groups excluding carboxylic acids is 1. The lowest BCUT2D eigenvalue weighted by atomic mass is 9.77. The summed E-state index contributed by atoms with van der Waals surface area (Å²) in [6.45, 7) is 5.85. The van der Waals surface area contributed by atoms with Crippen molar-refractivity contribution in [3.05, 3.63) is 7.05 Å². The van der Waals surface area contributed by atoms with Gasteiger partial charge in [-0.05, 0) is 39.3 Å². The molecular weight excluding hydrogens is 176 g/mol. The van der Waals surface area contributed by atoms with E-state index in [2.05, 4.69) is 18.9 Å². The van der Waals surface area contributed by atoms with Gasteiger partial charge in [0.25, 0.3) is 0 Å². The van der Waals surface area contributed by atoms with E-state index in [9.17, 15) is 4.79 Å². The highest BCUT2D eigenvalue weighted by Gasteiger charge is 2.46. The number of nitrogens with zero attached hydrogens (tertiary/aromatic N) is 2. The Labute approximate surface area is 86.1 Å². The predicted octanol–water partition coefficient (Wildman–Crippen LogP) is 1.11. The van der Waals surface area contributed by atoms with Crippen LogP contribution >= 0.6 is 0 Å². The first-order chi connectivity index (χ1) is 6.68. The van der Waals surface area contributed by atoms with Crippen molar-refractivity contribution in [1.29, 1.82) is 0 Å². The molecule has 2 saturated heterocycles. The Balaban J connectivity index is 2.07. The molecule has 0 unspecified atom stereocenters. The van der Waals surface area contributed by atoms with Crippen LogP contribution in [-0.2, 0) is 4.79 Å². The Morgan fingerprint density at radius 1 is 1.29 bits per heavy atom. The van der Waals surface area contributed by atoms with Crippen LogP contribution in [0.5, 0.6) is 0 Å². The molecule has 0 atom stereocenters. The molecule has 2 fully saturated rings. The summed E-state index contributed by atoms with van der Waals surface area (Å²) in [5.41, 5.74) is -0.00972. The van der Waals surface area contributed by atoms with E-state index >= 15 is 0 Å². The van der Waals surface area contributed by atoms with Crippen LogP contribution < -0.4 is 0 Å². The van der Waals surface area contributed by atoms with Gasteiger partial charge in [-0.3, -0.25) is 11.8 Å². The number of piperidine rings is 1. The molecule has 3 heteroatoms. The van der Waals surface area contributed by atoms with Crippen molar-refractivity contribution in [2.75, 3.05) is 26.2 Å². The molecule has 0 radical (unpaired) electrons. The zero-order valence-corrected chi connectivity index (χ0v) is 8.96. The molecule has 2 aliphatic heterocycles. The van der Waals surface area contributed by atoms with E-state index in [1.807, 2.05) is 4.90 Å². The van der Waals surface area contributed by atoms with E-state index in [1.165, 1.54) is 0 Å². The molecule has 0 aromatic heterocycles. The van der Waals surface area contributed by atoms with E-state index in [-0.39, 0.29) is 5.41 Å². The van der Waals surface area contributed by atoms with Crippen molar-refractivity contribution < 1.29 is 4.79 Å². The zero-order chi connectivity index (χ0) is 10.2. The first kappa shape index (κ1) is 9.97. The maximum absolute atomic E-state index is 12.1. The van der Waals surface area contributed by atoms with E-state index < -0.39 is 0 Å². The highest BCUT2D eigenvalue weighted by atomic mass is 16.2. The maximum Gasteiger partial charge on any atom is 0.228 e. The highest BCUT2D eigenvalue weighted by molar-refractivity contribution is 5.85. The van der Waals surface area contributed by atoms with Crippen molar-refractivity contribution in [1.82, 2.24) is 9.80 Å². The van der Waals surface area contributed by atoms with Crippen LogP contribution in [0.15, 0.2) is 0 Å². The van der Waals surface area contributed by atoms with Gasteiger partial charge < -0.3 is 9.80 Å². The summed E-state index contributed by atoms with van der Waals surface area (Å²) < 4.78 is 0. The van der Waals surface area contributed by atoms with E-state index in [0.717, 1.165) is 45.4 Å². The van der Waals surface area contributed by atoms with Gasteiger partial charge in [0, 0.05) is 13.1 Å². The molecule has 2 rings (SSSR count). The fourth-order valence-electron chi connectivity index (χ4n) is 2.64. The number of likely N-dealkylation sites (tertiary alicyclic amines) is 2. The lowest BCUT2D eigenvalue weighted by Gasteiger charge is -2.40. The van der Waals surface area contributed by atoms with Crippen LogP contribution in [0.4, 0.5) is 0 Å². The van der Waals surface area contributed by atoms with E-state index in [0.29, 0.717) is 5.91 Å². The topological polar surface area (TPSA) is 23.6 Å². The van der Waals surface area contributed by atoms with Crippen molar-refractivity contribution in [3.63, 3.8) is 0 Å². The maximum atomic E-state index is 12.1. The molecule has 0 bridgehead atoms. The summed E-state index contributed by atoms with van der Waals surface area (Å²) in [6.07, 6.45) is 3.07. The SMILES string of the molecule is [CH2-]N1CCC2(CC1)CCN(CC)C2=O. The zero-order valence-electron chi connectivity index (χ0n) is 8.96. The number of rotatable bonds is 1. The third kappa shape index (κ3) is 1.44. The Morgan fingerprint density at radius 2 is 1.86 bits per heavy atom. The molecule has 0 aromatic rings. The van der Waals surface area contributed by atoms with Gasteiger partial charge in [0.05, 0.1) is 5.41 Å². The average Bonchev–Trinajstić information content (AvgIpc) is 2.50. The molecule has 2 aliphatic rings. The fraction of sp³-hybridized carbons (Fsp3) is 0.818. The summed E-state index contributed by atoms with van der Waals surface area (Å²) >= 11 is 0. The second-order valence-corrected chi connectivity index (χ2v) is 4.53. The first-order valence-corrected chi connectivity index (χ1v) is 5.53. The van der Waals surface area contributed by atoms with Gasteiger partial charge >= 0.3 is 0 Å². The van der Waals surface area contributed by atoms with Crippen molar-refractivity contribution in [2.24, 2.45) is 5.41 Å². The summed E-state index contributed by atoms with van der Waals surface area (Å²) in [6, 6.07) is 0. The van der Waals surface area contributed by atoms with Crippen LogP contribution in [0.25, 0.3) is 0 Å². The Morgan fingerprint density at radius 3 is 2.36 bits per heavy atom. The number of amides is 1. The van der Waals surface area contributed by atoms with Crippen LogP contribution in [0.3, 0.4) is 0 Å². The number of hydrogen-bond donors (Lipinski definition) is 0. The standard InChI is InChI=1S/C11H19N2O/c1-3-13-9-6-11(10(13)14)4-7-12(2)8-5-11/h2-9H2,1H3/q-1. The van der Waals surface area contributed by atoms with Gasteiger partial charge in [0.2, 0.25) is 5.91 Å². The molecule has 0 aliphatic carbocycles. The molecule has 0 N–H and O–H groups in total. The largest absolute Gasteiger partial charge is 0.459 e. The molecule has 14 heavy (non-hydrogen) atoms. The minimum atomic E-state index is -0.00972. The van der Waals surface area contributed by atoms with Crippen molar-refractivity contribution >= 4 is 5.91 Å². The number of hydrogen-bond acceptors (Lipinski definition) is 2. The third-order valence-electron chi connectivity index (χ3n) is 3.80. The Hall–Kier alpha value is -0.570. The highest BCUT2D eigenvalue weighted by Crippen LogP contribution is 2.41. The van der Waals surface area contributed by atoms with Crippen LogP contribution in [0, 0.1) is 12.5 Å². The van der Waals surface area contributed by atoms with Crippen molar-refractivity contribution in [2.45, 2.75) is 26.2 Å². The third-order valence-corrected chi connectivity index (χ3v) is 3.80. The second kappa shape index (κ2) is 3.54. The monoisotopic (exact) mass is 195 g/mol.